The summed E-state index contributed by atoms with van der Waals surface area (Å²) in [7, 11) is 1.59. The number of phenols is 1. The van der Waals surface area contributed by atoms with Gasteiger partial charge in [-0.3, -0.25) is 4.79 Å². The summed E-state index contributed by atoms with van der Waals surface area (Å²) in [6, 6.07) is 14.9. The fourth-order valence-electron chi connectivity index (χ4n) is 3.98. The summed E-state index contributed by atoms with van der Waals surface area (Å²) in [6.07, 6.45) is 0. The van der Waals surface area contributed by atoms with Gasteiger partial charge in [-0.1, -0.05) is 23.8 Å². The number of benzene rings is 3. The van der Waals surface area contributed by atoms with Crippen molar-refractivity contribution in [1.29, 1.82) is 0 Å². The second-order valence-corrected chi connectivity index (χ2v) is 8.13. The van der Waals surface area contributed by atoms with Crippen molar-refractivity contribution >= 4 is 11.6 Å². The summed E-state index contributed by atoms with van der Waals surface area (Å²) in [5.41, 5.74) is 4.44. The number of phenolic OH excluding ortho intramolecular Hbond substituents is 1. The lowest BCUT2D eigenvalue weighted by atomic mass is 9.83. The van der Waals surface area contributed by atoms with E-state index in [1.54, 1.807) is 38.3 Å². The normalized spacial score (nSPS) is 13.6. The number of aryl methyl sites for hydroxylation is 2. The molecule has 0 atom stereocenters. The maximum absolute atomic E-state index is 13.1. The van der Waals surface area contributed by atoms with E-state index >= 15 is 0 Å². The molecule has 0 fully saturated rings. The Hall–Kier alpha value is -3.47. The molecule has 5 nitrogen and oxygen atoms in total. The van der Waals surface area contributed by atoms with Crippen molar-refractivity contribution in [3.05, 3.63) is 70.8 Å². The molecule has 0 bridgehead atoms. The van der Waals surface area contributed by atoms with Gasteiger partial charge in [0.15, 0.2) is 0 Å². The first-order chi connectivity index (χ1) is 14.2. The molecule has 1 aliphatic rings. The molecular weight excluding hydrogens is 378 g/mol. The number of nitrogens with one attached hydrogen (secondary N) is 1. The number of aromatic hydroxyl groups is 1. The van der Waals surface area contributed by atoms with Crippen LogP contribution in [-0.4, -0.2) is 18.1 Å². The summed E-state index contributed by atoms with van der Waals surface area (Å²) < 4.78 is 11.4. The van der Waals surface area contributed by atoms with Crippen molar-refractivity contribution < 1.29 is 19.4 Å². The fourth-order valence-corrected chi connectivity index (χ4v) is 3.98. The highest BCUT2D eigenvalue weighted by molar-refractivity contribution is 6.09. The molecule has 0 spiro atoms. The van der Waals surface area contributed by atoms with Gasteiger partial charge < -0.3 is 19.9 Å². The molecule has 2 N–H and O–H groups in total. The van der Waals surface area contributed by atoms with Crippen LogP contribution in [0.25, 0.3) is 11.1 Å². The minimum absolute atomic E-state index is 0.0710. The van der Waals surface area contributed by atoms with Gasteiger partial charge in [-0.05, 0) is 69.2 Å². The number of anilines is 1. The van der Waals surface area contributed by atoms with Gasteiger partial charge in [0, 0.05) is 11.3 Å². The number of carbonyl (C=O) groups is 1. The highest BCUT2D eigenvalue weighted by Crippen LogP contribution is 2.51. The first-order valence-corrected chi connectivity index (χ1v) is 9.84. The summed E-state index contributed by atoms with van der Waals surface area (Å²) >= 11 is 0. The summed E-state index contributed by atoms with van der Waals surface area (Å²) in [5, 5.41) is 14.0. The lowest BCUT2D eigenvalue weighted by Crippen LogP contribution is -2.29. The Kier molecular flexibility index (Phi) is 4.69. The smallest absolute Gasteiger partial charge is 0.259 e. The number of fused-ring (bicyclic) bond motifs is 3. The number of hydrogen-bond acceptors (Lipinski definition) is 4. The Morgan fingerprint density at radius 1 is 1.07 bits per heavy atom. The van der Waals surface area contributed by atoms with E-state index in [1.807, 2.05) is 45.0 Å². The van der Waals surface area contributed by atoms with Crippen LogP contribution in [0.2, 0.25) is 0 Å². The lowest BCUT2D eigenvalue weighted by Gasteiger charge is -2.36. The molecule has 0 unspecified atom stereocenters. The van der Waals surface area contributed by atoms with Crippen LogP contribution in [-0.2, 0) is 5.60 Å². The van der Waals surface area contributed by atoms with Crippen LogP contribution in [0.1, 0.15) is 40.9 Å². The molecule has 0 radical (unpaired) electrons. The van der Waals surface area contributed by atoms with E-state index in [1.165, 1.54) is 0 Å². The zero-order valence-corrected chi connectivity index (χ0v) is 17.8. The minimum atomic E-state index is -0.540. The molecule has 0 saturated carbocycles. The zero-order chi connectivity index (χ0) is 21.6. The van der Waals surface area contributed by atoms with E-state index in [2.05, 4.69) is 5.32 Å². The summed E-state index contributed by atoms with van der Waals surface area (Å²) in [6.45, 7) is 7.80. The van der Waals surface area contributed by atoms with Gasteiger partial charge in [-0.15, -0.1) is 0 Å². The van der Waals surface area contributed by atoms with E-state index in [0.717, 1.165) is 16.7 Å². The number of methoxy groups -OCH3 is 1. The van der Waals surface area contributed by atoms with Gasteiger partial charge >= 0.3 is 0 Å². The Labute approximate surface area is 176 Å². The van der Waals surface area contributed by atoms with Crippen LogP contribution >= 0.6 is 0 Å². The Morgan fingerprint density at radius 3 is 2.43 bits per heavy atom. The average molecular weight is 403 g/mol. The number of amides is 1. The quantitative estimate of drug-likeness (QED) is 0.600. The molecule has 1 heterocycles. The maximum atomic E-state index is 13.1. The van der Waals surface area contributed by atoms with Gasteiger partial charge in [0.05, 0.1) is 18.2 Å². The zero-order valence-electron chi connectivity index (χ0n) is 17.8. The minimum Gasteiger partial charge on any atom is -0.506 e. The van der Waals surface area contributed by atoms with Crippen molar-refractivity contribution in [1.82, 2.24) is 0 Å². The first kappa shape index (κ1) is 19.8. The average Bonchev–Trinajstić information content (AvgIpc) is 2.67. The third-order valence-electron chi connectivity index (χ3n) is 5.50. The molecule has 1 amide bonds. The molecule has 3 aromatic carbocycles. The molecular formula is C25H25NO4. The molecule has 0 aromatic heterocycles. The second-order valence-electron chi connectivity index (χ2n) is 8.13. The monoisotopic (exact) mass is 403 g/mol. The van der Waals surface area contributed by atoms with Crippen LogP contribution in [0.4, 0.5) is 5.69 Å². The highest BCUT2D eigenvalue weighted by Gasteiger charge is 2.36. The van der Waals surface area contributed by atoms with Crippen LogP contribution < -0.4 is 14.8 Å². The van der Waals surface area contributed by atoms with Crippen LogP contribution in [0, 0.1) is 13.8 Å². The Balaban J connectivity index is 1.81. The molecule has 30 heavy (non-hydrogen) atoms. The molecule has 5 heteroatoms. The number of hydrogen-bond donors (Lipinski definition) is 2. The lowest BCUT2D eigenvalue weighted by molar-refractivity contribution is 0.101. The number of carbonyl (C=O) groups excluding carboxylic acids is 1. The molecule has 154 valence electrons. The second kappa shape index (κ2) is 7.10. The van der Waals surface area contributed by atoms with E-state index in [4.69, 9.17) is 9.47 Å². The third kappa shape index (κ3) is 3.26. The predicted molar refractivity (Wildman–Crippen MR) is 118 cm³/mol. The van der Waals surface area contributed by atoms with E-state index in [0.29, 0.717) is 28.3 Å². The SMILES string of the molecule is COc1ccc(NC(=O)c2c(C)cc3c(c2O)-c2cc(C)ccc2C(C)(C)O3)cc1. The molecule has 4 rings (SSSR count). The van der Waals surface area contributed by atoms with Gasteiger partial charge in [-0.25, -0.2) is 0 Å². The summed E-state index contributed by atoms with van der Waals surface area (Å²) in [4.78, 5) is 13.1. The number of rotatable bonds is 3. The van der Waals surface area contributed by atoms with Crippen molar-refractivity contribution in [2.45, 2.75) is 33.3 Å². The standard InChI is InChI=1S/C25H25NO4/c1-14-6-11-19-18(12-14)22-20(30-25(19,3)4)13-15(2)21(23(22)27)24(28)26-16-7-9-17(29-5)10-8-16/h6-13,27H,1-5H3,(H,26,28). The van der Waals surface area contributed by atoms with Gasteiger partial charge in [-0.2, -0.15) is 0 Å². The van der Waals surface area contributed by atoms with Crippen molar-refractivity contribution in [2.24, 2.45) is 0 Å². The van der Waals surface area contributed by atoms with Gasteiger partial charge in [0.2, 0.25) is 0 Å². The van der Waals surface area contributed by atoms with Crippen LogP contribution in [0.15, 0.2) is 48.5 Å². The predicted octanol–water partition coefficient (Wildman–Crippen LogP) is 5.56. The number of ether oxygens (including phenoxy) is 2. The largest absolute Gasteiger partial charge is 0.506 e. The van der Waals surface area contributed by atoms with Gasteiger partial charge in [0.25, 0.3) is 5.91 Å². The highest BCUT2D eigenvalue weighted by atomic mass is 16.5. The van der Waals surface area contributed by atoms with E-state index in [9.17, 15) is 9.90 Å². The molecule has 3 aromatic rings. The van der Waals surface area contributed by atoms with Crippen molar-refractivity contribution in [2.75, 3.05) is 12.4 Å². The van der Waals surface area contributed by atoms with Crippen molar-refractivity contribution in [3.8, 4) is 28.4 Å². The topological polar surface area (TPSA) is 67.8 Å². The molecule has 0 aliphatic carbocycles. The molecule has 1 aliphatic heterocycles. The van der Waals surface area contributed by atoms with E-state index in [-0.39, 0.29) is 17.2 Å². The van der Waals surface area contributed by atoms with Crippen molar-refractivity contribution in [3.63, 3.8) is 0 Å². The van der Waals surface area contributed by atoms with E-state index < -0.39 is 5.60 Å². The Bertz CT molecular complexity index is 1150. The third-order valence-corrected chi connectivity index (χ3v) is 5.50. The van der Waals surface area contributed by atoms with Gasteiger partial charge in [0.1, 0.15) is 22.8 Å². The van der Waals surface area contributed by atoms with Crippen LogP contribution in [0.5, 0.6) is 17.2 Å². The maximum Gasteiger partial charge on any atom is 0.259 e. The van der Waals surface area contributed by atoms with Crippen LogP contribution in [0.3, 0.4) is 0 Å². The molecule has 0 saturated heterocycles. The summed E-state index contributed by atoms with van der Waals surface area (Å²) in [5.74, 6) is 0.831. The first-order valence-electron chi connectivity index (χ1n) is 9.84. The Morgan fingerprint density at radius 2 is 1.77 bits per heavy atom. The fraction of sp³-hybridized carbons (Fsp3) is 0.240.